The second-order valence-electron chi connectivity index (χ2n) is 3.90. The van der Waals surface area contributed by atoms with Crippen molar-refractivity contribution in [3.05, 3.63) is 46.1 Å². The number of aromatic nitrogens is 2. The van der Waals surface area contributed by atoms with E-state index >= 15 is 0 Å². The molecule has 1 aromatic heterocycles. The van der Waals surface area contributed by atoms with Crippen LogP contribution in [0.5, 0.6) is 0 Å². The maximum Gasteiger partial charge on any atom is 0.130 e. The molecule has 1 N–H and O–H groups in total. The Balaban J connectivity index is 2.55. The average molecular weight is 248 g/mol. The molecule has 0 radical (unpaired) electrons. The van der Waals surface area contributed by atoms with Crippen LogP contribution in [0.4, 0.5) is 4.39 Å². The first-order valence-corrected chi connectivity index (χ1v) is 5.87. The lowest BCUT2D eigenvalue weighted by Crippen LogP contribution is -1.96. The summed E-state index contributed by atoms with van der Waals surface area (Å²) in [4.78, 5) is 7.34. The lowest BCUT2D eigenvalue weighted by Gasteiger charge is -2.06. The molecule has 0 spiro atoms. The molecule has 0 aliphatic rings. The Morgan fingerprint density at radius 1 is 1.35 bits per heavy atom. The molecule has 1 heterocycles. The Hall–Kier alpha value is -1.55. The molecule has 2 aromatic rings. The van der Waals surface area contributed by atoms with Gasteiger partial charge in [-0.05, 0) is 24.6 Å². The number of rotatable bonds is 2. The zero-order valence-electron chi connectivity index (χ0n) is 9.75. The highest BCUT2D eigenvalue weighted by molar-refractivity contribution is 7.71. The van der Waals surface area contributed by atoms with Gasteiger partial charge in [0.25, 0.3) is 0 Å². The molecular formula is C13H13FN2S. The van der Waals surface area contributed by atoms with E-state index in [4.69, 9.17) is 12.2 Å². The molecular weight excluding hydrogens is 235 g/mol. The molecule has 2 rings (SSSR count). The molecule has 0 aliphatic heterocycles. The summed E-state index contributed by atoms with van der Waals surface area (Å²) < 4.78 is 14.0. The van der Waals surface area contributed by atoms with Gasteiger partial charge < -0.3 is 4.98 Å². The summed E-state index contributed by atoms with van der Waals surface area (Å²) >= 11 is 5.09. The lowest BCUT2D eigenvalue weighted by atomic mass is 10.1. The zero-order chi connectivity index (χ0) is 12.4. The van der Waals surface area contributed by atoms with Gasteiger partial charge in [0.15, 0.2) is 0 Å². The number of aryl methyl sites for hydroxylation is 2. The van der Waals surface area contributed by atoms with Crippen molar-refractivity contribution in [2.45, 2.75) is 20.3 Å². The van der Waals surface area contributed by atoms with Crippen molar-refractivity contribution < 1.29 is 4.39 Å². The molecule has 0 amide bonds. The van der Waals surface area contributed by atoms with Gasteiger partial charge in [-0.3, -0.25) is 0 Å². The molecule has 1 aromatic carbocycles. The Kier molecular flexibility index (Phi) is 3.33. The van der Waals surface area contributed by atoms with Crippen LogP contribution in [0.25, 0.3) is 11.3 Å². The number of aromatic amines is 1. The molecule has 0 bridgehead atoms. The van der Waals surface area contributed by atoms with E-state index in [0.717, 1.165) is 23.5 Å². The Bertz CT molecular complexity index is 605. The minimum absolute atomic E-state index is 0.211. The molecule has 0 aliphatic carbocycles. The molecule has 4 heteroatoms. The van der Waals surface area contributed by atoms with Gasteiger partial charge in [0, 0.05) is 17.7 Å². The fourth-order valence-corrected chi connectivity index (χ4v) is 1.82. The minimum Gasteiger partial charge on any atom is -0.343 e. The van der Waals surface area contributed by atoms with Crippen LogP contribution in [-0.2, 0) is 6.42 Å². The van der Waals surface area contributed by atoms with E-state index in [1.54, 1.807) is 19.1 Å². The predicted octanol–water partition coefficient (Wildman–Crippen LogP) is 3.82. The summed E-state index contributed by atoms with van der Waals surface area (Å²) in [6, 6.07) is 6.89. The number of halogens is 1. The summed E-state index contributed by atoms with van der Waals surface area (Å²) in [7, 11) is 0. The fourth-order valence-electron chi connectivity index (χ4n) is 1.59. The number of H-pyrrole nitrogens is 1. The van der Waals surface area contributed by atoms with Crippen LogP contribution in [0, 0.1) is 17.4 Å². The summed E-state index contributed by atoms with van der Waals surface area (Å²) in [5.74, 6) is 0.602. The highest BCUT2D eigenvalue weighted by atomic mass is 32.1. The van der Waals surface area contributed by atoms with E-state index < -0.39 is 0 Å². The molecule has 0 saturated carbocycles. The fraction of sp³-hybridized carbons (Fsp3) is 0.231. The van der Waals surface area contributed by atoms with Crippen LogP contribution >= 0.6 is 12.2 Å². The van der Waals surface area contributed by atoms with Crippen LogP contribution in [0.15, 0.2) is 24.3 Å². The number of nitrogens with one attached hydrogen (secondary N) is 1. The van der Waals surface area contributed by atoms with Gasteiger partial charge >= 0.3 is 0 Å². The van der Waals surface area contributed by atoms with E-state index in [-0.39, 0.29) is 5.82 Å². The third kappa shape index (κ3) is 2.58. The molecule has 0 atom stereocenters. The maximum atomic E-state index is 13.5. The molecule has 88 valence electrons. The van der Waals surface area contributed by atoms with E-state index in [1.165, 1.54) is 6.07 Å². The van der Waals surface area contributed by atoms with Gasteiger partial charge in [-0.15, -0.1) is 0 Å². The molecule has 0 fully saturated rings. The van der Waals surface area contributed by atoms with Crippen LogP contribution in [-0.4, -0.2) is 9.97 Å². The average Bonchev–Trinajstić information content (AvgIpc) is 2.32. The second kappa shape index (κ2) is 4.75. The summed E-state index contributed by atoms with van der Waals surface area (Å²) in [5, 5.41) is 0. The summed E-state index contributed by atoms with van der Waals surface area (Å²) in [5.41, 5.74) is 2.23. The number of nitrogens with zero attached hydrogens (tertiary/aromatic N) is 1. The Morgan fingerprint density at radius 3 is 2.76 bits per heavy atom. The van der Waals surface area contributed by atoms with Crippen molar-refractivity contribution in [3.63, 3.8) is 0 Å². The van der Waals surface area contributed by atoms with Crippen molar-refractivity contribution in [2.24, 2.45) is 0 Å². The SMILES string of the molecule is CCc1nc(=S)cc(-c2ccc(C)c(F)c2)[nH]1. The highest BCUT2D eigenvalue weighted by Gasteiger charge is 2.04. The second-order valence-corrected chi connectivity index (χ2v) is 4.32. The summed E-state index contributed by atoms with van der Waals surface area (Å²) in [6.45, 7) is 3.73. The first-order chi connectivity index (χ1) is 8.10. The van der Waals surface area contributed by atoms with E-state index in [0.29, 0.717) is 10.2 Å². The van der Waals surface area contributed by atoms with Crippen molar-refractivity contribution in [1.29, 1.82) is 0 Å². The van der Waals surface area contributed by atoms with E-state index in [9.17, 15) is 4.39 Å². The third-order valence-electron chi connectivity index (χ3n) is 2.61. The van der Waals surface area contributed by atoms with Gasteiger partial charge in [-0.2, -0.15) is 0 Å². The van der Waals surface area contributed by atoms with Crippen LogP contribution in [0.2, 0.25) is 0 Å². The van der Waals surface area contributed by atoms with Crippen LogP contribution in [0.3, 0.4) is 0 Å². The molecule has 0 saturated heterocycles. The summed E-state index contributed by atoms with van der Waals surface area (Å²) in [6.07, 6.45) is 0.770. The smallest absolute Gasteiger partial charge is 0.130 e. The topological polar surface area (TPSA) is 28.7 Å². The van der Waals surface area contributed by atoms with E-state index in [1.807, 2.05) is 13.0 Å². The highest BCUT2D eigenvalue weighted by Crippen LogP contribution is 2.20. The number of hydrogen-bond acceptors (Lipinski definition) is 2. The first-order valence-electron chi connectivity index (χ1n) is 5.47. The van der Waals surface area contributed by atoms with Gasteiger partial charge in [0.2, 0.25) is 0 Å². The Labute approximate surface area is 105 Å². The quantitative estimate of drug-likeness (QED) is 0.818. The molecule has 2 nitrogen and oxygen atoms in total. The van der Waals surface area contributed by atoms with Gasteiger partial charge in [-0.25, -0.2) is 9.37 Å². The monoisotopic (exact) mass is 248 g/mol. The van der Waals surface area contributed by atoms with Crippen molar-refractivity contribution in [3.8, 4) is 11.3 Å². The van der Waals surface area contributed by atoms with Crippen molar-refractivity contribution in [2.75, 3.05) is 0 Å². The largest absolute Gasteiger partial charge is 0.343 e. The van der Waals surface area contributed by atoms with Gasteiger partial charge in [0.1, 0.15) is 16.3 Å². The Morgan fingerprint density at radius 2 is 2.12 bits per heavy atom. The normalized spacial score (nSPS) is 10.5. The van der Waals surface area contributed by atoms with Crippen LogP contribution < -0.4 is 0 Å². The minimum atomic E-state index is -0.211. The maximum absolute atomic E-state index is 13.5. The van der Waals surface area contributed by atoms with Crippen molar-refractivity contribution >= 4 is 12.2 Å². The van der Waals surface area contributed by atoms with Crippen molar-refractivity contribution in [1.82, 2.24) is 9.97 Å². The zero-order valence-corrected chi connectivity index (χ0v) is 10.6. The van der Waals surface area contributed by atoms with E-state index in [2.05, 4.69) is 9.97 Å². The first kappa shape index (κ1) is 11.9. The molecule has 0 unspecified atom stereocenters. The molecule has 17 heavy (non-hydrogen) atoms. The standard InChI is InChI=1S/C13H13FN2S/c1-3-12-15-11(7-13(17)16-12)9-5-4-8(2)10(14)6-9/h4-7H,3H2,1-2H3,(H,15,16,17). The van der Waals surface area contributed by atoms with Gasteiger partial charge in [0.05, 0.1) is 0 Å². The van der Waals surface area contributed by atoms with Gasteiger partial charge in [-0.1, -0.05) is 31.3 Å². The number of benzene rings is 1. The van der Waals surface area contributed by atoms with Crippen LogP contribution in [0.1, 0.15) is 18.3 Å². The lowest BCUT2D eigenvalue weighted by molar-refractivity contribution is 0.619. The third-order valence-corrected chi connectivity index (χ3v) is 2.82. The predicted molar refractivity (Wildman–Crippen MR) is 68.9 cm³/mol. The number of hydrogen-bond donors (Lipinski definition) is 1.